The number of aromatic nitrogens is 2. The van der Waals surface area contributed by atoms with Gasteiger partial charge in [0.2, 0.25) is 11.8 Å². The van der Waals surface area contributed by atoms with Gasteiger partial charge in [0.1, 0.15) is 5.69 Å². The number of rotatable bonds is 3. The standard InChI is InChI=1S/C16H15N3O2/c1-10-5-7-11(8-6-10)13-14(19-21-15(13)17)12-4-3-9-18-16(12)20-2/h3-9H,17H2,1-2H3. The zero-order chi connectivity index (χ0) is 14.8. The van der Waals surface area contributed by atoms with Gasteiger partial charge >= 0.3 is 0 Å². The Labute approximate surface area is 122 Å². The first-order chi connectivity index (χ1) is 10.2. The summed E-state index contributed by atoms with van der Waals surface area (Å²) in [5.74, 6) is 0.763. The van der Waals surface area contributed by atoms with Crippen molar-refractivity contribution in [1.29, 1.82) is 0 Å². The molecule has 2 heterocycles. The molecule has 0 saturated heterocycles. The first kappa shape index (κ1) is 13.2. The topological polar surface area (TPSA) is 74.2 Å². The second kappa shape index (κ2) is 5.28. The van der Waals surface area contributed by atoms with Crippen molar-refractivity contribution in [3.63, 3.8) is 0 Å². The van der Waals surface area contributed by atoms with Crippen LogP contribution in [0.2, 0.25) is 0 Å². The number of pyridine rings is 1. The Bertz CT molecular complexity index is 763. The third kappa shape index (κ3) is 2.33. The molecule has 0 atom stereocenters. The Hall–Kier alpha value is -2.82. The van der Waals surface area contributed by atoms with Gasteiger partial charge in [-0.3, -0.25) is 0 Å². The molecule has 106 valence electrons. The van der Waals surface area contributed by atoms with Crippen molar-refractivity contribution in [2.75, 3.05) is 12.8 Å². The van der Waals surface area contributed by atoms with Crippen molar-refractivity contribution in [3.05, 3.63) is 48.2 Å². The molecular weight excluding hydrogens is 266 g/mol. The van der Waals surface area contributed by atoms with Gasteiger partial charge in [0, 0.05) is 6.20 Å². The summed E-state index contributed by atoms with van der Waals surface area (Å²) in [6.45, 7) is 2.03. The van der Waals surface area contributed by atoms with E-state index in [-0.39, 0.29) is 5.88 Å². The van der Waals surface area contributed by atoms with Crippen LogP contribution in [0.5, 0.6) is 5.88 Å². The highest BCUT2D eigenvalue weighted by atomic mass is 16.5. The zero-order valence-corrected chi connectivity index (χ0v) is 11.8. The van der Waals surface area contributed by atoms with Crippen molar-refractivity contribution in [3.8, 4) is 28.3 Å². The molecule has 0 aliphatic heterocycles. The molecule has 0 amide bonds. The fraction of sp³-hybridized carbons (Fsp3) is 0.125. The van der Waals surface area contributed by atoms with Gasteiger partial charge in [0.15, 0.2) is 0 Å². The molecule has 0 unspecified atom stereocenters. The van der Waals surface area contributed by atoms with E-state index in [1.165, 1.54) is 5.56 Å². The molecule has 0 spiro atoms. The highest BCUT2D eigenvalue weighted by Crippen LogP contribution is 2.38. The van der Waals surface area contributed by atoms with Crippen LogP contribution in [-0.4, -0.2) is 17.3 Å². The van der Waals surface area contributed by atoms with Crippen molar-refractivity contribution in [1.82, 2.24) is 10.1 Å². The third-order valence-corrected chi connectivity index (χ3v) is 3.28. The van der Waals surface area contributed by atoms with E-state index < -0.39 is 0 Å². The smallest absolute Gasteiger partial charge is 0.230 e. The summed E-state index contributed by atoms with van der Waals surface area (Å²) >= 11 is 0. The number of anilines is 1. The summed E-state index contributed by atoms with van der Waals surface area (Å²) in [7, 11) is 1.57. The number of hydrogen-bond donors (Lipinski definition) is 1. The Balaban J connectivity index is 2.19. The number of nitrogen functional groups attached to an aromatic ring is 1. The zero-order valence-electron chi connectivity index (χ0n) is 11.8. The van der Waals surface area contributed by atoms with Gasteiger partial charge in [-0.15, -0.1) is 0 Å². The molecule has 3 aromatic rings. The lowest BCUT2D eigenvalue weighted by atomic mass is 10.0. The summed E-state index contributed by atoms with van der Waals surface area (Å²) in [6.07, 6.45) is 1.66. The summed E-state index contributed by atoms with van der Waals surface area (Å²) in [6, 6.07) is 11.7. The van der Waals surface area contributed by atoms with Gasteiger partial charge in [-0.1, -0.05) is 35.0 Å². The first-order valence-corrected chi connectivity index (χ1v) is 6.52. The van der Waals surface area contributed by atoms with E-state index in [1.54, 1.807) is 13.3 Å². The molecule has 0 saturated carbocycles. The molecule has 3 rings (SSSR count). The van der Waals surface area contributed by atoms with E-state index in [4.69, 9.17) is 15.0 Å². The van der Waals surface area contributed by atoms with Gasteiger partial charge in [0.05, 0.1) is 18.2 Å². The second-order valence-corrected chi connectivity index (χ2v) is 4.70. The average molecular weight is 281 g/mol. The Morgan fingerprint density at radius 2 is 1.90 bits per heavy atom. The molecule has 0 fully saturated rings. The van der Waals surface area contributed by atoms with Crippen LogP contribution in [0.3, 0.4) is 0 Å². The fourth-order valence-corrected chi connectivity index (χ4v) is 2.22. The van der Waals surface area contributed by atoms with Crippen molar-refractivity contribution >= 4 is 5.88 Å². The Kier molecular flexibility index (Phi) is 3.31. The molecule has 0 bridgehead atoms. The lowest BCUT2D eigenvalue weighted by Gasteiger charge is -2.06. The second-order valence-electron chi connectivity index (χ2n) is 4.70. The number of hydrogen-bond acceptors (Lipinski definition) is 5. The summed E-state index contributed by atoms with van der Waals surface area (Å²) in [5.41, 5.74) is 10.2. The summed E-state index contributed by atoms with van der Waals surface area (Å²) in [4.78, 5) is 4.19. The van der Waals surface area contributed by atoms with Crippen molar-refractivity contribution < 1.29 is 9.26 Å². The van der Waals surface area contributed by atoms with Crippen LogP contribution in [0.15, 0.2) is 47.1 Å². The summed E-state index contributed by atoms with van der Waals surface area (Å²) in [5, 5.41) is 4.07. The number of ether oxygens (including phenoxy) is 1. The van der Waals surface area contributed by atoms with E-state index in [0.717, 1.165) is 16.7 Å². The summed E-state index contributed by atoms with van der Waals surface area (Å²) < 4.78 is 10.5. The predicted octanol–water partition coefficient (Wildman–Crippen LogP) is 3.30. The van der Waals surface area contributed by atoms with Gasteiger partial charge in [-0.05, 0) is 24.6 Å². The highest BCUT2D eigenvalue weighted by molar-refractivity contribution is 5.88. The molecular formula is C16H15N3O2. The number of methoxy groups -OCH3 is 1. The van der Waals surface area contributed by atoms with Crippen LogP contribution in [0.1, 0.15) is 5.56 Å². The Morgan fingerprint density at radius 1 is 1.14 bits per heavy atom. The van der Waals surface area contributed by atoms with Crippen LogP contribution in [0, 0.1) is 6.92 Å². The number of benzene rings is 1. The van der Waals surface area contributed by atoms with Gasteiger partial charge in [0.25, 0.3) is 0 Å². The molecule has 1 aromatic carbocycles. The van der Waals surface area contributed by atoms with Crippen molar-refractivity contribution in [2.24, 2.45) is 0 Å². The third-order valence-electron chi connectivity index (χ3n) is 3.28. The van der Waals surface area contributed by atoms with Crippen molar-refractivity contribution in [2.45, 2.75) is 6.92 Å². The SMILES string of the molecule is COc1ncccc1-c1noc(N)c1-c1ccc(C)cc1. The molecule has 2 N–H and O–H groups in total. The van der Waals surface area contributed by atoms with Crippen LogP contribution >= 0.6 is 0 Å². The molecule has 2 aromatic heterocycles. The van der Waals surface area contributed by atoms with Crippen LogP contribution < -0.4 is 10.5 Å². The minimum Gasteiger partial charge on any atom is -0.481 e. The number of aryl methyl sites for hydroxylation is 1. The van der Waals surface area contributed by atoms with E-state index in [1.807, 2.05) is 43.3 Å². The van der Waals surface area contributed by atoms with E-state index in [0.29, 0.717) is 11.6 Å². The molecule has 0 aliphatic rings. The molecule has 0 aliphatic carbocycles. The highest BCUT2D eigenvalue weighted by Gasteiger charge is 2.20. The number of nitrogens with zero attached hydrogens (tertiary/aromatic N) is 2. The largest absolute Gasteiger partial charge is 0.481 e. The Morgan fingerprint density at radius 3 is 2.62 bits per heavy atom. The van der Waals surface area contributed by atoms with Gasteiger partial charge in [-0.2, -0.15) is 0 Å². The normalized spacial score (nSPS) is 10.6. The predicted molar refractivity (Wildman–Crippen MR) is 80.9 cm³/mol. The lowest BCUT2D eigenvalue weighted by molar-refractivity contribution is 0.398. The van der Waals surface area contributed by atoms with Gasteiger partial charge in [-0.25, -0.2) is 4.98 Å². The minimum atomic E-state index is 0.278. The quantitative estimate of drug-likeness (QED) is 0.797. The molecule has 21 heavy (non-hydrogen) atoms. The first-order valence-electron chi connectivity index (χ1n) is 6.52. The van der Waals surface area contributed by atoms with Gasteiger partial charge < -0.3 is 15.0 Å². The average Bonchev–Trinajstić information content (AvgIpc) is 2.90. The fourth-order valence-electron chi connectivity index (χ4n) is 2.22. The monoisotopic (exact) mass is 281 g/mol. The maximum Gasteiger partial charge on any atom is 0.230 e. The maximum absolute atomic E-state index is 5.95. The minimum absolute atomic E-state index is 0.278. The molecule has 5 heteroatoms. The lowest BCUT2D eigenvalue weighted by Crippen LogP contribution is -1.93. The van der Waals surface area contributed by atoms with E-state index >= 15 is 0 Å². The maximum atomic E-state index is 5.95. The van der Waals surface area contributed by atoms with E-state index in [9.17, 15) is 0 Å². The van der Waals surface area contributed by atoms with E-state index in [2.05, 4.69) is 10.1 Å². The van der Waals surface area contributed by atoms with Crippen LogP contribution in [0.25, 0.3) is 22.4 Å². The number of nitrogens with two attached hydrogens (primary N) is 1. The van der Waals surface area contributed by atoms with Crippen LogP contribution in [-0.2, 0) is 0 Å². The molecule has 5 nitrogen and oxygen atoms in total. The van der Waals surface area contributed by atoms with Crippen LogP contribution in [0.4, 0.5) is 5.88 Å². The molecule has 0 radical (unpaired) electrons.